The maximum Gasteiger partial charge on any atom is 0.00938 e. The molecule has 1 N–H and O–H groups in total. The molecule has 0 spiro atoms. The van der Waals surface area contributed by atoms with E-state index in [2.05, 4.69) is 44.8 Å². The second-order valence-electron chi connectivity index (χ2n) is 6.80. The van der Waals surface area contributed by atoms with Gasteiger partial charge in [0.25, 0.3) is 0 Å². The highest BCUT2D eigenvalue weighted by Crippen LogP contribution is 2.15. The second-order valence-corrected chi connectivity index (χ2v) is 6.80. The molecule has 0 amide bonds. The first kappa shape index (κ1) is 16.0. The van der Waals surface area contributed by atoms with Crippen LogP contribution in [-0.4, -0.2) is 36.1 Å². The molecule has 1 aliphatic heterocycles. The van der Waals surface area contributed by atoms with Crippen molar-refractivity contribution in [2.45, 2.75) is 84.8 Å². The molecule has 0 aliphatic carbocycles. The zero-order valence-electron chi connectivity index (χ0n) is 13.2. The molecule has 0 aromatic rings. The quantitative estimate of drug-likeness (QED) is 0.746. The van der Waals surface area contributed by atoms with E-state index < -0.39 is 0 Å². The molecule has 1 unspecified atom stereocenters. The SMILES string of the molecule is CC(C)CCCC(C)NC1CCN(C(C)C)CC1. The number of hydrogen-bond donors (Lipinski definition) is 1. The summed E-state index contributed by atoms with van der Waals surface area (Å²) in [4.78, 5) is 2.60. The monoisotopic (exact) mass is 254 g/mol. The lowest BCUT2D eigenvalue weighted by Gasteiger charge is -2.36. The maximum absolute atomic E-state index is 3.83. The van der Waals surface area contributed by atoms with Crippen LogP contribution >= 0.6 is 0 Å². The summed E-state index contributed by atoms with van der Waals surface area (Å²) in [7, 11) is 0. The summed E-state index contributed by atoms with van der Waals surface area (Å²) >= 11 is 0. The van der Waals surface area contributed by atoms with Crippen molar-refractivity contribution in [2.75, 3.05) is 13.1 Å². The highest BCUT2D eigenvalue weighted by molar-refractivity contribution is 4.80. The molecule has 0 saturated carbocycles. The summed E-state index contributed by atoms with van der Waals surface area (Å²) in [6.45, 7) is 14.2. The van der Waals surface area contributed by atoms with Gasteiger partial charge in [0.1, 0.15) is 0 Å². The summed E-state index contributed by atoms with van der Waals surface area (Å²) in [6.07, 6.45) is 6.73. The average Bonchev–Trinajstić information content (AvgIpc) is 2.29. The average molecular weight is 254 g/mol. The van der Waals surface area contributed by atoms with Crippen LogP contribution in [0.5, 0.6) is 0 Å². The molecule has 1 aliphatic rings. The summed E-state index contributed by atoms with van der Waals surface area (Å²) in [5, 5.41) is 3.83. The molecule has 1 heterocycles. The molecule has 0 radical (unpaired) electrons. The van der Waals surface area contributed by atoms with E-state index in [1.165, 1.54) is 45.2 Å². The van der Waals surface area contributed by atoms with Gasteiger partial charge in [-0.15, -0.1) is 0 Å². The van der Waals surface area contributed by atoms with E-state index in [4.69, 9.17) is 0 Å². The van der Waals surface area contributed by atoms with Crippen LogP contribution in [0, 0.1) is 5.92 Å². The second kappa shape index (κ2) is 8.16. The minimum absolute atomic E-state index is 0.694. The lowest BCUT2D eigenvalue weighted by Crippen LogP contribution is -2.47. The number of hydrogen-bond acceptors (Lipinski definition) is 2. The Kier molecular flexibility index (Phi) is 7.25. The van der Waals surface area contributed by atoms with Crippen LogP contribution in [0.1, 0.15) is 66.7 Å². The maximum atomic E-state index is 3.83. The number of rotatable bonds is 7. The molecular formula is C16H34N2. The first-order valence-electron chi connectivity index (χ1n) is 7.99. The third kappa shape index (κ3) is 6.19. The molecular weight excluding hydrogens is 220 g/mol. The predicted octanol–water partition coefficient (Wildman–Crippen LogP) is 3.66. The molecule has 2 heteroatoms. The Morgan fingerprint density at radius 3 is 2.11 bits per heavy atom. The minimum atomic E-state index is 0.694. The van der Waals surface area contributed by atoms with Gasteiger partial charge in [-0.3, -0.25) is 0 Å². The van der Waals surface area contributed by atoms with Gasteiger partial charge < -0.3 is 10.2 Å². The van der Waals surface area contributed by atoms with E-state index in [0.29, 0.717) is 6.04 Å². The third-order valence-corrected chi connectivity index (χ3v) is 4.20. The Morgan fingerprint density at radius 2 is 1.61 bits per heavy atom. The van der Waals surface area contributed by atoms with Crippen LogP contribution in [0.25, 0.3) is 0 Å². The standard InChI is InChI=1S/C16H34N2/c1-13(2)7-6-8-15(5)17-16-9-11-18(12-10-16)14(3)4/h13-17H,6-12H2,1-5H3. The van der Waals surface area contributed by atoms with E-state index in [1.54, 1.807) is 0 Å². The number of nitrogens with zero attached hydrogens (tertiary/aromatic N) is 1. The molecule has 0 aromatic carbocycles. The van der Waals surface area contributed by atoms with E-state index in [-0.39, 0.29) is 0 Å². The number of likely N-dealkylation sites (tertiary alicyclic amines) is 1. The van der Waals surface area contributed by atoms with Crippen molar-refractivity contribution in [2.24, 2.45) is 5.92 Å². The topological polar surface area (TPSA) is 15.3 Å². The van der Waals surface area contributed by atoms with Crippen LogP contribution in [0.15, 0.2) is 0 Å². The molecule has 1 fully saturated rings. The van der Waals surface area contributed by atoms with Crippen LogP contribution in [0.3, 0.4) is 0 Å². The fraction of sp³-hybridized carbons (Fsp3) is 1.00. The Bertz CT molecular complexity index is 205. The van der Waals surface area contributed by atoms with Gasteiger partial charge in [-0.25, -0.2) is 0 Å². The smallest absolute Gasteiger partial charge is 0.00938 e. The molecule has 2 nitrogen and oxygen atoms in total. The van der Waals surface area contributed by atoms with Gasteiger partial charge in [-0.2, -0.15) is 0 Å². The zero-order chi connectivity index (χ0) is 13.5. The predicted molar refractivity (Wildman–Crippen MR) is 81.0 cm³/mol. The Hall–Kier alpha value is -0.0800. The third-order valence-electron chi connectivity index (χ3n) is 4.20. The van der Waals surface area contributed by atoms with Gasteiger partial charge in [0.15, 0.2) is 0 Å². The van der Waals surface area contributed by atoms with E-state index >= 15 is 0 Å². The molecule has 0 bridgehead atoms. The van der Waals surface area contributed by atoms with Crippen LogP contribution in [0.2, 0.25) is 0 Å². The first-order valence-corrected chi connectivity index (χ1v) is 7.99. The van der Waals surface area contributed by atoms with Crippen molar-refractivity contribution >= 4 is 0 Å². The molecule has 18 heavy (non-hydrogen) atoms. The molecule has 1 atom stereocenters. The number of piperidine rings is 1. The van der Waals surface area contributed by atoms with E-state index in [9.17, 15) is 0 Å². The zero-order valence-corrected chi connectivity index (χ0v) is 13.2. The Labute approximate surface area is 115 Å². The van der Waals surface area contributed by atoms with Crippen LogP contribution in [-0.2, 0) is 0 Å². The lowest BCUT2D eigenvalue weighted by molar-refractivity contribution is 0.156. The lowest BCUT2D eigenvalue weighted by atomic mass is 10.00. The van der Waals surface area contributed by atoms with Crippen molar-refractivity contribution in [1.82, 2.24) is 10.2 Å². The Morgan fingerprint density at radius 1 is 1.00 bits per heavy atom. The molecule has 0 aromatic heterocycles. The molecule has 1 saturated heterocycles. The summed E-state index contributed by atoms with van der Waals surface area (Å²) in [6, 6.07) is 2.17. The molecule has 1 rings (SSSR count). The van der Waals surface area contributed by atoms with Crippen molar-refractivity contribution in [3.63, 3.8) is 0 Å². The van der Waals surface area contributed by atoms with Gasteiger partial charge in [-0.1, -0.05) is 26.7 Å². The fourth-order valence-corrected chi connectivity index (χ4v) is 2.90. The van der Waals surface area contributed by atoms with Gasteiger partial charge in [0, 0.05) is 18.1 Å². The molecule has 108 valence electrons. The van der Waals surface area contributed by atoms with Gasteiger partial charge >= 0.3 is 0 Å². The summed E-state index contributed by atoms with van der Waals surface area (Å²) in [5.74, 6) is 0.853. The minimum Gasteiger partial charge on any atom is -0.311 e. The van der Waals surface area contributed by atoms with E-state index in [0.717, 1.165) is 18.0 Å². The van der Waals surface area contributed by atoms with E-state index in [1.807, 2.05) is 0 Å². The highest BCUT2D eigenvalue weighted by Gasteiger charge is 2.21. The summed E-state index contributed by atoms with van der Waals surface area (Å²) in [5.41, 5.74) is 0. The normalized spacial score (nSPS) is 20.8. The van der Waals surface area contributed by atoms with Gasteiger partial charge in [-0.05, 0) is 59.0 Å². The first-order chi connectivity index (χ1) is 8.49. The van der Waals surface area contributed by atoms with Crippen LogP contribution < -0.4 is 5.32 Å². The Balaban J connectivity index is 2.12. The van der Waals surface area contributed by atoms with Crippen molar-refractivity contribution < 1.29 is 0 Å². The highest BCUT2D eigenvalue weighted by atomic mass is 15.2. The number of nitrogens with one attached hydrogen (secondary N) is 1. The van der Waals surface area contributed by atoms with Crippen molar-refractivity contribution in [3.8, 4) is 0 Å². The van der Waals surface area contributed by atoms with Gasteiger partial charge in [0.05, 0.1) is 0 Å². The van der Waals surface area contributed by atoms with Crippen molar-refractivity contribution in [1.29, 1.82) is 0 Å². The fourth-order valence-electron chi connectivity index (χ4n) is 2.90. The van der Waals surface area contributed by atoms with Crippen LogP contribution in [0.4, 0.5) is 0 Å². The summed E-state index contributed by atoms with van der Waals surface area (Å²) < 4.78 is 0. The largest absolute Gasteiger partial charge is 0.311 e. The van der Waals surface area contributed by atoms with Gasteiger partial charge in [0.2, 0.25) is 0 Å². The van der Waals surface area contributed by atoms with Crippen molar-refractivity contribution in [3.05, 3.63) is 0 Å².